The van der Waals surface area contributed by atoms with Crippen molar-refractivity contribution in [2.24, 2.45) is 0 Å². The summed E-state index contributed by atoms with van der Waals surface area (Å²) in [4.78, 5) is 0. The fraction of sp³-hybridized carbons (Fsp3) is 0.200. The molecule has 19 heavy (non-hydrogen) atoms. The fourth-order valence-electron chi connectivity index (χ4n) is 1.55. The molecule has 1 aromatic heterocycles. The van der Waals surface area contributed by atoms with E-state index >= 15 is 0 Å². The highest BCUT2D eigenvalue weighted by Crippen LogP contribution is 2.33. The first-order valence-corrected chi connectivity index (χ1v) is 5.67. The standard InChI is InChI=1S/C10H6Cl2F3N3O/c11-5-1-6(12)3-7(2-5)18-9(10(13,14)15)8(4-19)16-17-18/h1-3,19H,4H2. The Hall–Kier alpha value is -1.31. The van der Waals surface area contributed by atoms with Crippen LogP contribution in [-0.2, 0) is 12.8 Å². The van der Waals surface area contributed by atoms with Gasteiger partial charge in [0.15, 0.2) is 5.69 Å². The number of benzene rings is 1. The monoisotopic (exact) mass is 311 g/mol. The summed E-state index contributed by atoms with van der Waals surface area (Å²) < 4.78 is 39.4. The molecule has 2 aromatic rings. The summed E-state index contributed by atoms with van der Waals surface area (Å²) in [6, 6.07) is 3.90. The van der Waals surface area contributed by atoms with Crippen molar-refractivity contribution in [3.63, 3.8) is 0 Å². The smallest absolute Gasteiger partial charge is 0.390 e. The molecule has 0 bridgehead atoms. The zero-order valence-electron chi connectivity index (χ0n) is 9.12. The van der Waals surface area contributed by atoms with Crippen molar-refractivity contribution in [2.45, 2.75) is 12.8 Å². The molecule has 0 saturated carbocycles. The molecular formula is C10H6Cl2F3N3O. The second kappa shape index (κ2) is 4.99. The lowest BCUT2D eigenvalue weighted by molar-refractivity contribution is -0.143. The molecule has 1 heterocycles. The van der Waals surface area contributed by atoms with E-state index < -0.39 is 24.2 Å². The van der Waals surface area contributed by atoms with E-state index in [2.05, 4.69) is 10.3 Å². The Bertz CT molecular complexity index is 592. The molecule has 0 radical (unpaired) electrons. The first-order chi connectivity index (χ1) is 8.82. The van der Waals surface area contributed by atoms with Gasteiger partial charge in [-0.15, -0.1) is 5.10 Å². The van der Waals surface area contributed by atoms with Gasteiger partial charge in [-0.2, -0.15) is 13.2 Å². The molecule has 4 nitrogen and oxygen atoms in total. The average Bonchev–Trinajstić information content (AvgIpc) is 2.70. The maximum absolute atomic E-state index is 12.9. The van der Waals surface area contributed by atoms with Crippen LogP contribution in [0.5, 0.6) is 0 Å². The average molecular weight is 312 g/mol. The topological polar surface area (TPSA) is 50.9 Å². The molecule has 0 aliphatic rings. The normalized spacial score (nSPS) is 11.9. The van der Waals surface area contributed by atoms with E-state index in [0.29, 0.717) is 4.68 Å². The van der Waals surface area contributed by atoms with E-state index in [-0.39, 0.29) is 15.7 Å². The minimum absolute atomic E-state index is 0.0111. The maximum atomic E-state index is 12.9. The number of hydrogen-bond donors (Lipinski definition) is 1. The molecule has 2 rings (SSSR count). The highest BCUT2D eigenvalue weighted by Gasteiger charge is 2.39. The van der Waals surface area contributed by atoms with Crippen LogP contribution >= 0.6 is 23.2 Å². The minimum Gasteiger partial charge on any atom is -0.390 e. The summed E-state index contributed by atoms with van der Waals surface area (Å²) in [5.74, 6) is 0. The van der Waals surface area contributed by atoms with Gasteiger partial charge in [-0.3, -0.25) is 0 Å². The predicted octanol–water partition coefficient (Wildman–Crippen LogP) is 3.09. The van der Waals surface area contributed by atoms with Gasteiger partial charge in [0, 0.05) is 10.0 Å². The zero-order chi connectivity index (χ0) is 14.2. The van der Waals surface area contributed by atoms with E-state index in [1.165, 1.54) is 18.2 Å². The fourth-order valence-corrected chi connectivity index (χ4v) is 2.06. The van der Waals surface area contributed by atoms with Crippen molar-refractivity contribution in [2.75, 3.05) is 0 Å². The van der Waals surface area contributed by atoms with E-state index in [4.69, 9.17) is 28.3 Å². The molecule has 9 heteroatoms. The Balaban J connectivity index is 2.66. The Kier molecular flexibility index (Phi) is 3.71. The molecule has 0 amide bonds. The van der Waals surface area contributed by atoms with Gasteiger partial charge >= 0.3 is 6.18 Å². The number of alkyl halides is 3. The number of halogens is 5. The van der Waals surface area contributed by atoms with Crippen LogP contribution in [0.4, 0.5) is 13.2 Å². The summed E-state index contributed by atoms with van der Waals surface area (Å²) >= 11 is 11.5. The molecule has 1 aromatic carbocycles. The van der Waals surface area contributed by atoms with Gasteiger partial charge in [0.2, 0.25) is 0 Å². The molecule has 0 spiro atoms. The third-order valence-corrected chi connectivity index (χ3v) is 2.69. The second-order valence-electron chi connectivity index (χ2n) is 3.58. The second-order valence-corrected chi connectivity index (χ2v) is 4.45. The van der Waals surface area contributed by atoms with Crippen molar-refractivity contribution in [3.8, 4) is 5.69 Å². The molecule has 0 aliphatic heterocycles. The molecule has 0 aliphatic carbocycles. The summed E-state index contributed by atoms with van der Waals surface area (Å²) in [5, 5.41) is 15.9. The summed E-state index contributed by atoms with van der Waals surface area (Å²) in [6.45, 7) is -0.872. The van der Waals surface area contributed by atoms with Gasteiger partial charge in [-0.05, 0) is 18.2 Å². The van der Waals surface area contributed by atoms with Gasteiger partial charge in [0.05, 0.1) is 12.3 Å². The molecule has 102 valence electrons. The van der Waals surface area contributed by atoms with Gasteiger partial charge in [0.25, 0.3) is 0 Å². The van der Waals surface area contributed by atoms with Crippen molar-refractivity contribution in [1.29, 1.82) is 0 Å². The largest absolute Gasteiger partial charge is 0.435 e. The highest BCUT2D eigenvalue weighted by atomic mass is 35.5. The number of aliphatic hydroxyl groups is 1. The third kappa shape index (κ3) is 2.83. The lowest BCUT2D eigenvalue weighted by atomic mass is 10.2. The van der Waals surface area contributed by atoms with E-state index in [0.717, 1.165) is 0 Å². The Labute approximate surface area is 115 Å². The predicted molar refractivity (Wildman–Crippen MR) is 62.3 cm³/mol. The van der Waals surface area contributed by atoms with Gasteiger partial charge < -0.3 is 5.11 Å². The summed E-state index contributed by atoms with van der Waals surface area (Å²) in [7, 11) is 0. The molecule has 0 atom stereocenters. The van der Waals surface area contributed by atoms with Gasteiger partial charge in [0.1, 0.15) is 5.69 Å². The van der Waals surface area contributed by atoms with Gasteiger partial charge in [-0.1, -0.05) is 28.4 Å². The Morgan fingerprint density at radius 3 is 2.21 bits per heavy atom. The first-order valence-electron chi connectivity index (χ1n) is 4.92. The van der Waals surface area contributed by atoms with Crippen LogP contribution in [0, 0.1) is 0 Å². The number of aliphatic hydroxyl groups excluding tert-OH is 1. The lowest BCUT2D eigenvalue weighted by Gasteiger charge is -2.11. The molecule has 0 fully saturated rings. The van der Waals surface area contributed by atoms with Crippen LogP contribution in [0.1, 0.15) is 11.4 Å². The molecular weight excluding hydrogens is 306 g/mol. The number of rotatable bonds is 2. The van der Waals surface area contributed by atoms with Crippen LogP contribution in [-0.4, -0.2) is 20.1 Å². The van der Waals surface area contributed by atoms with E-state index in [1.54, 1.807) is 0 Å². The van der Waals surface area contributed by atoms with E-state index in [9.17, 15) is 13.2 Å². The number of nitrogens with zero attached hydrogens (tertiary/aromatic N) is 3. The van der Waals surface area contributed by atoms with Crippen LogP contribution in [0.3, 0.4) is 0 Å². The zero-order valence-corrected chi connectivity index (χ0v) is 10.6. The highest BCUT2D eigenvalue weighted by molar-refractivity contribution is 6.34. The van der Waals surface area contributed by atoms with Crippen LogP contribution in [0.15, 0.2) is 18.2 Å². The van der Waals surface area contributed by atoms with Crippen LogP contribution < -0.4 is 0 Å². The van der Waals surface area contributed by atoms with Crippen molar-refractivity contribution in [3.05, 3.63) is 39.6 Å². The van der Waals surface area contributed by atoms with Gasteiger partial charge in [-0.25, -0.2) is 4.68 Å². The first kappa shape index (κ1) is 14.1. The summed E-state index contributed by atoms with van der Waals surface area (Å²) in [6.07, 6.45) is -4.71. The van der Waals surface area contributed by atoms with Crippen LogP contribution in [0.25, 0.3) is 5.69 Å². The number of hydrogen-bond acceptors (Lipinski definition) is 3. The quantitative estimate of drug-likeness (QED) is 0.927. The third-order valence-electron chi connectivity index (χ3n) is 2.25. The minimum atomic E-state index is -4.71. The van der Waals surface area contributed by atoms with Crippen molar-refractivity contribution < 1.29 is 18.3 Å². The lowest BCUT2D eigenvalue weighted by Crippen LogP contribution is -2.15. The Morgan fingerprint density at radius 1 is 1.16 bits per heavy atom. The maximum Gasteiger partial charge on any atom is 0.435 e. The summed E-state index contributed by atoms with van der Waals surface area (Å²) in [5.41, 5.74) is -1.71. The molecule has 1 N–H and O–H groups in total. The SMILES string of the molecule is OCc1nnn(-c2cc(Cl)cc(Cl)c2)c1C(F)(F)F. The van der Waals surface area contributed by atoms with E-state index in [1.807, 2.05) is 0 Å². The van der Waals surface area contributed by atoms with Crippen molar-refractivity contribution in [1.82, 2.24) is 15.0 Å². The van der Waals surface area contributed by atoms with Crippen molar-refractivity contribution >= 4 is 23.2 Å². The molecule has 0 unspecified atom stereocenters. The number of aromatic nitrogens is 3. The Morgan fingerprint density at radius 2 is 1.74 bits per heavy atom. The van der Waals surface area contributed by atoms with Crippen LogP contribution in [0.2, 0.25) is 10.0 Å². The molecule has 0 saturated heterocycles.